The van der Waals surface area contributed by atoms with Gasteiger partial charge in [0.1, 0.15) is 12.8 Å². The summed E-state index contributed by atoms with van der Waals surface area (Å²) >= 11 is 0. The van der Waals surface area contributed by atoms with Crippen LogP contribution in [0.1, 0.15) is 42.7 Å². The van der Waals surface area contributed by atoms with Gasteiger partial charge in [-0.15, -0.1) is 0 Å². The maximum Gasteiger partial charge on any atom is 0.303 e. The van der Waals surface area contributed by atoms with Gasteiger partial charge in [-0.3, -0.25) is 14.4 Å². The van der Waals surface area contributed by atoms with Crippen molar-refractivity contribution >= 4 is 34.8 Å². The highest BCUT2D eigenvalue weighted by Gasteiger charge is 2.44. The van der Waals surface area contributed by atoms with E-state index in [4.69, 9.17) is 19.0 Å². The molecule has 11 heteroatoms. The Balaban J connectivity index is 1.25. The molecule has 1 aliphatic rings. The number of hydroxylamine groups is 1. The smallest absolute Gasteiger partial charge is 0.303 e. The molecule has 0 saturated carbocycles. The first-order chi connectivity index (χ1) is 20.2. The first-order valence-corrected chi connectivity index (χ1v) is 13.8. The van der Waals surface area contributed by atoms with Crippen LogP contribution in [0, 0.1) is 6.92 Å². The molecule has 4 rings (SSSR count). The average Bonchev–Trinajstić information content (AvgIpc) is 3.28. The van der Waals surface area contributed by atoms with E-state index in [9.17, 15) is 18.8 Å². The number of para-hydroxylation sites is 1. The number of H-pyrrole nitrogens is 1. The zero-order chi connectivity index (χ0) is 30.1. The molecule has 0 spiro atoms. The molecule has 0 unspecified atom stereocenters. The minimum absolute atomic E-state index is 0.0307. The second-order valence-electron chi connectivity index (χ2n) is 10.1. The molecule has 224 valence electrons. The molecule has 2 heterocycles. The normalized spacial score (nSPS) is 20.5. The highest BCUT2D eigenvalue weighted by Crippen LogP contribution is 2.27. The number of aromatic nitrogens is 1. The van der Waals surface area contributed by atoms with E-state index in [0.29, 0.717) is 6.54 Å². The third-order valence-electron chi connectivity index (χ3n) is 6.84. The number of esters is 2. The SMILES string of the molecule is CC(=O)O[C@H]1[C@H](ONC(=O)/C=C/c2ccc(CNCCc3c(C)[nH]c4ccccc34)cc2)O[C@H](CF)C[C@@H]1OC(C)=O. The second-order valence-corrected chi connectivity index (χ2v) is 10.1. The minimum atomic E-state index is -1.38. The molecule has 4 atom stereocenters. The number of hydrogen-bond acceptors (Lipinski definition) is 8. The number of amides is 1. The van der Waals surface area contributed by atoms with Crippen LogP contribution in [0.2, 0.25) is 0 Å². The topological polar surface area (TPSA) is 128 Å². The lowest BCUT2D eigenvalue weighted by molar-refractivity contribution is -0.289. The van der Waals surface area contributed by atoms with Gasteiger partial charge < -0.3 is 24.5 Å². The lowest BCUT2D eigenvalue weighted by Crippen LogP contribution is -2.55. The Labute approximate surface area is 243 Å². The van der Waals surface area contributed by atoms with Crippen LogP contribution in [0.15, 0.2) is 54.6 Å². The molecule has 3 N–H and O–H groups in total. The van der Waals surface area contributed by atoms with Crippen molar-refractivity contribution in [3.05, 3.63) is 77.0 Å². The Bertz CT molecular complexity index is 1410. The predicted octanol–water partition coefficient (Wildman–Crippen LogP) is 3.82. The van der Waals surface area contributed by atoms with Crippen LogP contribution in [0.25, 0.3) is 17.0 Å². The molecule has 2 aromatic carbocycles. The number of halogens is 1. The molecule has 0 bridgehead atoms. The van der Waals surface area contributed by atoms with Crippen LogP contribution in [0.5, 0.6) is 0 Å². The number of nitrogens with one attached hydrogen (secondary N) is 3. The van der Waals surface area contributed by atoms with Gasteiger partial charge in [-0.1, -0.05) is 42.5 Å². The molecule has 3 aromatic rings. The van der Waals surface area contributed by atoms with Crippen molar-refractivity contribution in [1.29, 1.82) is 0 Å². The van der Waals surface area contributed by atoms with Crippen molar-refractivity contribution in [2.24, 2.45) is 0 Å². The Hall–Kier alpha value is -4.06. The van der Waals surface area contributed by atoms with Crippen molar-refractivity contribution < 1.29 is 37.8 Å². The second kappa shape index (κ2) is 14.7. The third kappa shape index (κ3) is 8.48. The van der Waals surface area contributed by atoms with Gasteiger partial charge in [-0.05, 0) is 48.7 Å². The number of fused-ring (bicyclic) bond motifs is 1. The summed E-state index contributed by atoms with van der Waals surface area (Å²) in [7, 11) is 0. The van der Waals surface area contributed by atoms with E-state index in [2.05, 4.69) is 40.9 Å². The van der Waals surface area contributed by atoms with Gasteiger partial charge in [0.15, 0.2) is 6.10 Å². The standard InChI is InChI=1S/C31H36FN3O7/c1-19-25(26-6-4-5-7-27(26)34-19)14-15-33-18-23-10-8-22(9-11-23)12-13-29(38)35-42-31-30(40-21(3)37)28(39-20(2)36)16-24(17-32)41-31/h4-13,24,28,30-31,33-34H,14-18H2,1-3H3,(H,35,38)/b13-12+/t24-,28-,30+,31-/m0/s1. The Morgan fingerprint density at radius 2 is 1.81 bits per heavy atom. The Kier molecular flexibility index (Phi) is 10.8. The van der Waals surface area contributed by atoms with Crippen LogP contribution in [0.4, 0.5) is 4.39 Å². The van der Waals surface area contributed by atoms with Gasteiger partial charge >= 0.3 is 11.9 Å². The van der Waals surface area contributed by atoms with Gasteiger partial charge in [0.2, 0.25) is 6.29 Å². The number of aromatic amines is 1. The number of carbonyl (C=O) groups excluding carboxylic acids is 3. The first-order valence-electron chi connectivity index (χ1n) is 13.8. The van der Waals surface area contributed by atoms with Gasteiger partial charge in [0, 0.05) is 49.5 Å². The molecule has 0 radical (unpaired) electrons. The van der Waals surface area contributed by atoms with Crippen molar-refractivity contribution in [2.75, 3.05) is 13.2 Å². The van der Waals surface area contributed by atoms with Crippen molar-refractivity contribution in [1.82, 2.24) is 15.8 Å². The van der Waals surface area contributed by atoms with E-state index < -0.39 is 49.1 Å². The van der Waals surface area contributed by atoms with Crippen LogP contribution in [0.3, 0.4) is 0 Å². The summed E-state index contributed by atoms with van der Waals surface area (Å²) in [5.74, 6) is -1.93. The van der Waals surface area contributed by atoms with E-state index in [-0.39, 0.29) is 6.42 Å². The fourth-order valence-corrected chi connectivity index (χ4v) is 4.91. The summed E-state index contributed by atoms with van der Waals surface area (Å²) in [5.41, 5.74) is 7.76. The van der Waals surface area contributed by atoms with Crippen LogP contribution in [-0.2, 0) is 46.4 Å². The van der Waals surface area contributed by atoms with Gasteiger partial charge in [-0.25, -0.2) is 14.7 Å². The number of alkyl halides is 1. The highest BCUT2D eigenvalue weighted by molar-refractivity contribution is 5.91. The Morgan fingerprint density at radius 3 is 2.52 bits per heavy atom. The molecule has 1 amide bonds. The van der Waals surface area contributed by atoms with Gasteiger partial charge in [-0.2, -0.15) is 0 Å². The zero-order valence-corrected chi connectivity index (χ0v) is 23.9. The number of benzene rings is 2. The maximum atomic E-state index is 13.4. The van der Waals surface area contributed by atoms with Crippen LogP contribution in [-0.4, -0.2) is 60.7 Å². The fraction of sp³-hybridized carbons (Fsp3) is 0.387. The zero-order valence-electron chi connectivity index (χ0n) is 23.9. The van der Waals surface area contributed by atoms with Crippen LogP contribution >= 0.6 is 0 Å². The van der Waals surface area contributed by atoms with E-state index in [0.717, 1.165) is 36.5 Å². The molecule has 10 nitrogen and oxygen atoms in total. The monoisotopic (exact) mass is 581 g/mol. The van der Waals surface area contributed by atoms with Gasteiger partial charge in [0.25, 0.3) is 5.91 Å². The summed E-state index contributed by atoms with van der Waals surface area (Å²) in [4.78, 5) is 44.2. The largest absolute Gasteiger partial charge is 0.458 e. The average molecular weight is 582 g/mol. The molecule has 1 aromatic heterocycles. The third-order valence-corrected chi connectivity index (χ3v) is 6.84. The summed E-state index contributed by atoms with van der Waals surface area (Å²) < 4.78 is 29.2. The molecular weight excluding hydrogens is 545 g/mol. The molecular formula is C31H36FN3O7. The molecule has 1 fully saturated rings. The first kappa shape index (κ1) is 30.9. The number of ether oxygens (including phenoxy) is 3. The number of hydrogen-bond donors (Lipinski definition) is 3. The summed E-state index contributed by atoms with van der Waals surface area (Å²) in [6.45, 7) is 5.11. The molecule has 0 aliphatic carbocycles. The molecule has 1 saturated heterocycles. The lowest BCUT2D eigenvalue weighted by Gasteiger charge is -2.38. The van der Waals surface area contributed by atoms with Crippen molar-refractivity contribution in [3.8, 4) is 0 Å². The molecule has 1 aliphatic heterocycles. The van der Waals surface area contributed by atoms with E-state index in [1.165, 1.54) is 29.6 Å². The number of carbonyl (C=O) groups is 3. The Morgan fingerprint density at radius 1 is 1.07 bits per heavy atom. The quantitative estimate of drug-likeness (QED) is 0.128. The number of aryl methyl sites for hydroxylation is 1. The predicted molar refractivity (Wildman–Crippen MR) is 154 cm³/mol. The fourth-order valence-electron chi connectivity index (χ4n) is 4.91. The van der Waals surface area contributed by atoms with E-state index in [1.807, 2.05) is 30.3 Å². The van der Waals surface area contributed by atoms with Crippen molar-refractivity contribution in [3.63, 3.8) is 0 Å². The highest BCUT2D eigenvalue weighted by atomic mass is 19.1. The lowest BCUT2D eigenvalue weighted by atomic mass is 10.0. The van der Waals surface area contributed by atoms with Crippen LogP contribution < -0.4 is 10.8 Å². The maximum absolute atomic E-state index is 13.4. The summed E-state index contributed by atoms with van der Waals surface area (Å²) in [5, 5.41) is 4.74. The van der Waals surface area contributed by atoms with E-state index >= 15 is 0 Å². The summed E-state index contributed by atoms with van der Waals surface area (Å²) in [6, 6.07) is 16.0. The van der Waals surface area contributed by atoms with Gasteiger partial charge in [0.05, 0.1) is 6.10 Å². The van der Waals surface area contributed by atoms with E-state index in [1.54, 1.807) is 6.08 Å². The number of rotatable bonds is 12. The minimum Gasteiger partial charge on any atom is -0.458 e. The van der Waals surface area contributed by atoms with Crippen molar-refractivity contribution in [2.45, 2.75) is 64.8 Å². The summed E-state index contributed by atoms with van der Waals surface area (Å²) in [6.07, 6.45) is -0.781. The molecule has 42 heavy (non-hydrogen) atoms.